The van der Waals surface area contributed by atoms with Crippen LogP contribution < -0.4 is 0 Å². The van der Waals surface area contributed by atoms with Crippen LogP contribution in [0.1, 0.15) is 10.4 Å². The standard InChI is InChI=1S/C15H9Cl2NO/c16-10-4-3-5-11(8-10)18-14-7-2-1-6-12(14)13(9-19)15(18)17/h1-9H. The molecule has 1 aromatic heterocycles. The molecule has 0 N–H and O–H groups in total. The number of halogens is 2. The number of hydrogen-bond donors (Lipinski definition) is 0. The second kappa shape index (κ2) is 4.72. The molecule has 0 radical (unpaired) electrons. The number of para-hydroxylation sites is 1. The highest BCUT2D eigenvalue weighted by molar-refractivity contribution is 6.34. The van der Waals surface area contributed by atoms with Crippen molar-refractivity contribution in [2.24, 2.45) is 0 Å². The molecule has 0 atom stereocenters. The molecule has 4 heteroatoms. The van der Waals surface area contributed by atoms with Gasteiger partial charge in [-0.05, 0) is 24.3 Å². The predicted molar refractivity (Wildman–Crippen MR) is 78.7 cm³/mol. The molecule has 0 fully saturated rings. The topological polar surface area (TPSA) is 22.0 Å². The number of hydrogen-bond acceptors (Lipinski definition) is 1. The van der Waals surface area contributed by atoms with Crippen molar-refractivity contribution in [1.82, 2.24) is 4.57 Å². The minimum absolute atomic E-state index is 0.401. The van der Waals surface area contributed by atoms with E-state index in [1.54, 1.807) is 6.07 Å². The van der Waals surface area contributed by atoms with Crippen LogP contribution in [0.4, 0.5) is 0 Å². The van der Waals surface area contributed by atoms with Crippen LogP contribution in [-0.4, -0.2) is 10.9 Å². The lowest BCUT2D eigenvalue weighted by Gasteiger charge is -2.07. The van der Waals surface area contributed by atoms with Crippen LogP contribution in [0.25, 0.3) is 16.6 Å². The summed E-state index contributed by atoms with van der Waals surface area (Å²) in [5.74, 6) is 0. The highest BCUT2D eigenvalue weighted by Gasteiger charge is 2.15. The zero-order chi connectivity index (χ0) is 13.4. The van der Waals surface area contributed by atoms with Crippen molar-refractivity contribution >= 4 is 40.4 Å². The van der Waals surface area contributed by atoms with E-state index >= 15 is 0 Å². The lowest BCUT2D eigenvalue weighted by molar-refractivity contribution is 0.112. The average Bonchev–Trinajstić information content (AvgIpc) is 2.70. The fourth-order valence-electron chi connectivity index (χ4n) is 2.21. The first-order valence-corrected chi connectivity index (χ1v) is 6.48. The maximum Gasteiger partial charge on any atom is 0.153 e. The smallest absolute Gasteiger partial charge is 0.153 e. The average molecular weight is 290 g/mol. The van der Waals surface area contributed by atoms with Crippen LogP contribution in [-0.2, 0) is 0 Å². The van der Waals surface area contributed by atoms with Crippen LogP contribution in [0.2, 0.25) is 10.2 Å². The van der Waals surface area contributed by atoms with Gasteiger partial charge in [0, 0.05) is 16.1 Å². The number of rotatable bonds is 2. The largest absolute Gasteiger partial charge is 0.300 e. The predicted octanol–water partition coefficient (Wildman–Crippen LogP) is 4.75. The molecule has 0 aliphatic carbocycles. The highest BCUT2D eigenvalue weighted by atomic mass is 35.5. The molecule has 2 aromatic carbocycles. The molecule has 0 saturated carbocycles. The molecule has 94 valence electrons. The van der Waals surface area contributed by atoms with Crippen molar-refractivity contribution in [2.75, 3.05) is 0 Å². The number of aromatic nitrogens is 1. The van der Waals surface area contributed by atoms with Gasteiger partial charge in [-0.3, -0.25) is 9.36 Å². The third-order valence-electron chi connectivity index (χ3n) is 3.04. The summed E-state index contributed by atoms with van der Waals surface area (Å²) >= 11 is 12.3. The van der Waals surface area contributed by atoms with Crippen molar-refractivity contribution in [3.8, 4) is 5.69 Å². The van der Waals surface area contributed by atoms with E-state index in [2.05, 4.69) is 0 Å². The third-order valence-corrected chi connectivity index (χ3v) is 3.65. The van der Waals surface area contributed by atoms with Crippen LogP contribution >= 0.6 is 23.2 Å². The van der Waals surface area contributed by atoms with Crippen molar-refractivity contribution in [2.45, 2.75) is 0 Å². The third kappa shape index (κ3) is 1.93. The molecule has 0 unspecified atom stereocenters. The van der Waals surface area contributed by atoms with Crippen molar-refractivity contribution in [3.05, 3.63) is 64.3 Å². The van der Waals surface area contributed by atoms with Crippen molar-refractivity contribution < 1.29 is 4.79 Å². The first-order chi connectivity index (χ1) is 9.22. The van der Waals surface area contributed by atoms with Gasteiger partial charge in [0.05, 0.1) is 11.1 Å². The molecule has 1 heterocycles. The maximum absolute atomic E-state index is 11.2. The summed E-state index contributed by atoms with van der Waals surface area (Å²) in [5, 5.41) is 1.86. The van der Waals surface area contributed by atoms with Gasteiger partial charge in [-0.15, -0.1) is 0 Å². The Hall–Kier alpha value is -1.77. The zero-order valence-electron chi connectivity index (χ0n) is 9.81. The van der Waals surface area contributed by atoms with E-state index in [-0.39, 0.29) is 0 Å². The summed E-state index contributed by atoms with van der Waals surface area (Å²) in [4.78, 5) is 11.2. The Morgan fingerprint density at radius 1 is 1.00 bits per heavy atom. The molecule has 0 aliphatic heterocycles. The molecule has 0 spiro atoms. The van der Waals surface area contributed by atoms with Gasteiger partial charge in [0.15, 0.2) is 6.29 Å². The van der Waals surface area contributed by atoms with Gasteiger partial charge < -0.3 is 0 Å². The lowest BCUT2D eigenvalue weighted by Crippen LogP contribution is -1.93. The van der Waals surface area contributed by atoms with E-state index in [0.717, 1.165) is 22.9 Å². The first kappa shape index (κ1) is 12.3. The van der Waals surface area contributed by atoms with Gasteiger partial charge in [0.25, 0.3) is 0 Å². The van der Waals surface area contributed by atoms with E-state index in [4.69, 9.17) is 23.2 Å². The van der Waals surface area contributed by atoms with E-state index < -0.39 is 0 Å². The van der Waals surface area contributed by atoms with E-state index in [1.165, 1.54) is 0 Å². The fraction of sp³-hybridized carbons (Fsp3) is 0. The highest BCUT2D eigenvalue weighted by Crippen LogP contribution is 2.32. The van der Waals surface area contributed by atoms with Crippen LogP contribution in [0.3, 0.4) is 0 Å². The molecule has 3 aromatic rings. The number of aldehydes is 1. The second-order valence-electron chi connectivity index (χ2n) is 4.15. The molecule has 19 heavy (non-hydrogen) atoms. The van der Waals surface area contributed by atoms with Gasteiger partial charge in [-0.2, -0.15) is 0 Å². The fourth-order valence-corrected chi connectivity index (χ4v) is 2.73. The minimum atomic E-state index is 0.401. The molecular weight excluding hydrogens is 281 g/mol. The first-order valence-electron chi connectivity index (χ1n) is 5.72. The monoisotopic (exact) mass is 289 g/mol. The Balaban J connectivity index is 2.41. The summed E-state index contributed by atoms with van der Waals surface area (Å²) in [6.07, 6.45) is 0.783. The molecule has 0 bridgehead atoms. The normalized spacial score (nSPS) is 10.8. The molecule has 0 aliphatic rings. The Morgan fingerprint density at radius 3 is 2.53 bits per heavy atom. The van der Waals surface area contributed by atoms with Gasteiger partial charge in [0.1, 0.15) is 5.15 Å². The summed E-state index contributed by atoms with van der Waals surface area (Å²) in [5.41, 5.74) is 2.22. The van der Waals surface area contributed by atoms with Gasteiger partial charge in [-0.25, -0.2) is 0 Å². The number of benzene rings is 2. The quantitative estimate of drug-likeness (QED) is 0.624. The molecular formula is C15H9Cl2NO. The second-order valence-corrected chi connectivity index (χ2v) is 4.95. The van der Waals surface area contributed by atoms with E-state index in [0.29, 0.717) is 15.7 Å². The Kier molecular flexibility index (Phi) is 3.05. The van der Waals surface area contributed by atoms with Crippen LogP contribution in [0.5, 0.6) is 0 Å². The summed E-state index contributed by atoms with van der Waals surface area (Å²) in [7, 11) is 0. The van der Waals surface area contributed by atoms with Crippen molar-refractivity contribution in [1.29, 1.82) is 0 Å². The zero-order valence-corrected chi connectivity index (χ0v) is 11.3. The van der Waals surface area contributed by atoms with Crippen LogP contribution in [0, 0.1) is 0 Å². The summed E-state index contributed by atoms with van der Waals surface area (Å²) < 4.78 is 1.83. The molecule has 0 saturated heterocycles. The molecule has 3 rings (SSSR count). The van der Waals surface area contributed by atoms with Crippen molar-refractivity contribution in [3.63, 3.8) is 0 Å². The van der Waals surface area contributed by atoms with Gasteiger partial charge in [0.2, 0.25) is 0 Å². The minimum Gasteiger partial charge on any atom is -0.300 e. The lowest BCUT2D eigenvalue weighted by atomic mass is 10.2. The van der Waals surface area contributed by atoms with Crippen LogP contribution in [0.15, 0.2) is 48.5 Å². The van der Waals surface area contributed by atoms with E-state index in [9.17, 15) is 4.79 Å². The van der Waals surface area contributed by atoms with Gasteiger partial charge >= 0.3 is 0 Å². The van der Waals surface area contributed by atoms with E-state index in [1.807, 2.05) is 47.0 Å². The summed E-state index contributed by atoms with van der Waals surface area (Å²) in [6.45, 7) is 0. The maximum atomic E-state index is 11.2. The number of nitrogens with zero attached hydrogens (tertiary/aromatic N) is 1. The Labute approximate surface area is 120 Å². The Bertz CT molecular complexity index is 777. The SMILES string of the molecule is O=Cc1c(Cl)n(-c2cccc(Cl)c2)c2ccccc12. The number of fused-ring (bicyclic) bond motifs is 1. The Morgan fingerprint density at radius 2 is 1.79 bits per heavy atom. The number of carbonyl (C=O) groups excluding carboxylic acids is 1. The summed E-state index contributed by atoms with van der Waals surface area (Å²) in [6, 6.07) is 15.0. The number of carbonyl (C=O) groups is 1. The molecule has 0 amide bonds. The van der Waals surface area contributed by atoms with Gasteiger partial charge in [-0.1, -0.05) is 47.5 Å². The molecule has 2 nitrogen and oxygen atoms in total.